The van der Waals surface area contributed by atoms with Crippen molar-refractivity contribution < 1.29 is 23.9 Å². The lowest BCUT2D eigenvalue weighted by atomic mass is 10.0. The van der Waals surface area contributed by atoms with Crippen LogP contribution in [-0.2, 0) is 16.1 Å². The molecule has 3 amide bonds. The number of alkyl carbamates (subject to hydrolysis) is 1. The maximum atomic E-state index is 12.2. The van der Waals surface area contributed by atoms with Crippen LogP contribution in [0.15, 0.2) is 84.9 Å². The molecule has 0 aliphatic heterocycles. The number of amides is 3. The lowest BCUT2D eigenvalue weighted by molar-refractivity contribution is 0.0909. The highest BCUT2D eigenvalue weighted by Crippen LogP contribution is 2.19. The normalized spacial score (nSPS) is 10.0. The van der Waals surface area contributed by atoms with Crippen LogP contribution < -0.4 is 16.2 Å². The summed E-state index contributed by atoms with van der Waals surface area (Å²) in [6.45, 7) is 0.121. The molecule has 0 atom stereocenters. The zero-order valence-electron chi connectivity index (χ0n) is 17.2. The molecule has 164 valence electrons. The quantitative estimate of drug-likeness (QED) is 0.390. The highest BCUT2D eigenvalue weighted by Gasteiger charge is 2.09. The van der Waals surface area contributed by atoms with Crippen LogP contribution in [-0.4, -0.2) is 31.2 Å². The molecule has 0 aliphatic carbocycles. The van der Waals surface area contributed by atoms with Gasteiger partial charge in [0, 0.05) is 5.56 Å². The predicted molar refractivity (Wildman–Crippen MR) is 118 cm³/mol. The van der Waals surface area contributed by atoms with Gasteiger partial charge in [-0.15, -0.1) is 0 Å². The second-order valence-corrected chi connectivity index (χ2v) is 6.65. The molecule has 8 nitrogen and oxygen atoms in total. The zero-order valence-corrected chi connectivity index (χ0v) is 17.2. The van der Waals surface area contributed by atoms with Gasteiger partial charge in [-0.2, -0.15) is 0 Å². The Kier molecular flexibility index (Phi) is 8.21. The van der Waals surface area contributed by atoms with E-state index in [2.05, 4.69) is 16.2 Å². The van der Waals surface area contributed by atoms with Crippen LogP contribution in [0.25, 0.3) is 11.1 Å². The number of hydrogen-bond acceptors (Lipinski definition) is 5. The van der Waals surface area contributed by atoms with Crippen molar-refractivity contribution in [3.63, 3.8) is 0 Å². The van der Waals surface area contributed by atoms with E-state index >= 15 is 0 Å². The Hall–Kier alpha value is -4.33. The molecule has 8 heteroatoms. The van der Waals surface area contributed by atoms with E-state index in [4.69, 9.17) is 9.47 Å². The maximum Gasteiger partial charge on any atom is 0.426 e. The molecule has 3 N–H and O–H groups in total. The summed E-state index contributed by atoms with van der Waals surface area (Å²) in [5, 5.41) is 2.46. The molecule has 3 aromatic rings. The van der Waals surface area contributed by atoms with Crippen molar-refractivity contribution in [2.45, 2.75) is 6.61 Å². The number of carbonyl (C=O) groups is 3. The minimum atomic E-state index is -0.848. The second kappa shape index (κ2) is 11.8. The average molecular weight is 433 g/mol. The first-order valence-corrected chi connectivity index (χ1v) is 9.95. The van der Waals surface area contributed by atoms with Crippen molar-refractivity contribution in [3.8, 4) is 11.1 Å². The van der Waals surface area contributed by atoms with E-state index in [1.54, 1.807) is 12.1 Å². The van der Waals surface area contributed by atoms with Gasteiger partial charge in [0.25, 0.3) is 5.91 Å². The number of nitrogens with one attached hydrogen (secondary N) is 3. The smallest absolute Gasteiger partial charge is 0.426 e. The Morgan fingerprint density at radius 2 is 1.28 bits per heavy atom. The van der Waals surface area contributed by atoms with Gasteiger partial charge < -0.3 is 14.8 Å². The zero-order chi connectivity index (χ0) is 22.6. The number of ether oxygens (including phenoxy) is 2. The van der Waals surface area contributed by atoms with Gasteiger partial charge in [0.1, 0.15) is 13.2 Å². The molecule has 0 heterocycles. The lowest BCUT2D eigenvalue weighted by Gasteiger charge is -2.10. The van der Waals surface area contributed by atoms with E-state index in [-0.39, 0.29) is 19.8 Å². The van der Waals surface area contributed by atoms with Crippen molar-refractivity contribution >= 4 is 18.1 Å². The van der Waals surface area contributed by atoms with E-state index in [0.717, 1.165) is 16.7 Å². The van der Waals surface area contributed by atoms with Crippen molar-refractivity contribution in [2.24, 2.45) is 0 Å². The number of hydrogen-bond donors (Lipinski definition) is 3. The van der Waals surface area contributed by atoms with Crippen LogP contribution in [0.1, 0.15) is 15.9 Å². The molecule has 0 spiro atoms. The Balaban J connectivity index is 1.30. The van der Waals surface area contributed by atoms with Gasteiger partial charge in [0.15, 0.2) is 0 Å². The van der Waals surface area contributed by atoms with Gasteiger partial charge in [0.2, 0.25) is 0 Å². The van der Waals surface area contributed by atoms with Crippen LogP contribution in [0.2, 0.25) is 0 Å². The second-order valence-electron chi connectivity index (χ2n) is 6.65. The first-order chi connectivity index (χ1) is 15.6. The molecule has 0 fully saturated rings. The fourth-order valence-corrected chi connectivity index (χ4v) is 2.73. The standard InChI is InChI=1S/C24H23N3O5/c28-22(21-13-11-20(12-14-21)19-9-5-2-6-10-19)26-27-24(30)31-16-15-25-23(29)32-17-18-7-3-1-4-8-18/h1-14H,15-17H2,(H,25,29)(H,26,28)(H,27,30). The summed E-state index contributed by atoms with van der Waals surface area (Å²) in [6, 6.07) is 26.0. The topological polar surface area (TPSA) is 106 Å². The van der Waals surface area contributed by atoms with Crippen molar-refractivity contribution in [2.75, 3.05) is 13.2 Å². The fraction of sp³-hybridized carbons (Fsp3) is 0.125. The summed E-state index contributed by atoms with van der Waals surface area (Å²) in [5.74, 6) is -0.482. The van der Waals surface area contributed by atoms with E-state index in [0.29, 0.717) is 5.56 Å². The summed E-state index contributed by atoms with van der Waals surface area (Å²) >= 11 is 0. The molecule has 0 saturated heterocycles. The monoisotopic (exact) mass is 433 g/mol. The molecule has 3 rings (SSSR count). The molecule has 32 heavy (non-hydrogen) atoms. The van der Waals surface area contributed by atoms with E-state index < -0.39 is 18.1 Å². The molecule has 0 unspecified atom stereocenters. The Morgan fingerprint density at radius 1 is 0.656 bits per heavy atom. The van der Waals surface area contributed by atoms with Crippen LogP contribution >= 0.6 is 0 Å². The summed E-state index contributed by atoms with van der Waals surface area (Å²) in [7, 11) is 0. The van der Waals surface area contributed by atoms with Crippen molar-refractivity contribution in [1.82, 2.24) is 16.2 Å². The number of rotatable bonds is 7. The van der Waals surface area contributed by atoms with Gasteiger partial charge in [-0.05, 0) is 28.8 Å². The van der Waals surface area contributed by atoms with Gasteiger partial charge in [-0.25, -0.2) is 15.0 Å². The van der Waals surface area contributed by atoms with Crippen molar-refractivity contribution in [1.29, 1.82) is 0 Å². The Bertz CT molecular complexity index is 1020. The fourth-order valence-electron chi connectivity index (χ4n) is 2.73. The van der Waals surface area contributed by atoms with Crippen LogP contribution in [0, 0.1) is 0 Å². The van der Waals surface area contributed by atoms with E-state index in [9.17, 15) is 14.4 Å². The molecule has 0 radical (unpaired) electrons. The van der Waals surface area contributed by atoms with E-state index in [1.165, 1.54) is 0 Å². The van der Waals surface area contributed by atoms with Crippen LogP contribution in [0.4, 0.5) is 9.59 Å². The largest absolute Gasteiger partial charge is 0.446 e. The predicted octanol–water partition coefficient (Wildman–Crippen LogP) is 3.65. The number of carbonyl (C=O) groups excluding carboxylic acids is 3. The van der Waals surface area contributed by atoms with Crippen LogP contribution in [0.5, 0.6) is 0 Å². The molecular weight excluding hydrogens is 410 g/mol. The Labute approximate surface area is 185 Å². The minimum absolute atomic E-state index is 0.0654. The molecule has 0 aromatic heterocycles. The summed E-state index contributed by atoms with van der Waals surface area (Å²) in [4.78, 5) is 35.4. The number of hydrazine groups is 1. The highest BCUT2D eigenvalue weighted by atomic mass is 16.6. The molecule has 0 aliphatic rings. The first-order valence-electron chi connectivity index (χ1n) is 9.95. The van der Waals surface area contributed by atoms with E-state index in [1.807, 2.05) is 72.8 Å². The van der Waals surface area contributed by atoms with Gasteiger partial charge >= 0.3 is 12.2 Å². The SMILES string of the molecule is O=C(NCCOC(=O)NNC(=O)c1ccc(-c2ccccc2)cc1)OCc1ccccc1. The third-order valence-corrected chi connectivity index (χ3v) is 4.35. The third kappa shape index (κ3) is 7.17. The number of benzene rings is 3. The van der Waals surface area contributed by atoms with Crippen LogP contribution in [0.3, 0.4) is 0 Å². The minimum Gasteiger partial charge on any atom is -0.446 e. The van der Waals surface area contributed by atoms with Gasteiger partial charge in [0.05, 0.1) is 6.54 Å². The molecule has 0 saturated carbocycles. The van der Waals surface area contributed by atoms with Gasteiger partial charge in [-0.3, -0.25) is 10.2 Å². The first kappa shape index (κ1) is 22.4. The summed E-state index contributed by atoms with van der Waals surface area (Å²) in [5.41, 5.74) is 7.69. The summed E-state index contributed by atoms with van der Waals surface area (Å²) in [6.07, 6.45) is -1.47. The molecule has 0 bridgehead atoms. The average Bonchev–Trinajstić information content (AvgIpc) is 2.85. The van der Waals surface area contributed by atoms with Crippen molar-refractivity contribution in [3.05, 3.63) is 96.1 Å². The Morgan fingerprint density at radius 3 is 1.97 bits per heavy atom. The summed E-state index contributed by atoms with van der Waals surface area (Å²) < 4.78 is 9.92. The maximum absolute atomic E-state index is 12.2. The molecule has 3 aromatic carbocycles. The third-order valence-electron chi connectivity index (χ3n) is 4.35. The molecular formula is C24H23N3O5. The highest BCUT2D eigenvalue weighted by molar-refractivity contribution is 5.95. The van der Waals surface area contributed by atoms with Gasteiger partial charge in [-0.1, -0.05) is 72.8 Å². The lowest BCUT2D eigenvalue weighted by Crippen LogP contribution is -2.42.